The van der Waals surface area contributed by atoms with Crippen LogP contribution in [0.2, 0.25) is 5.02 Å². The molecular formula is C13H17ClN6O3. The third-order valence-electron chi connectivity index (χ3n) is 3.42. The highest BCUT2D eigenvalue weighted by Crippen LogP contribution is 2.18. The highest BCUT2D eigenvalue weighted by Gasteiger charge is 2.19. The summed E-state index contributed by atoms with van der Waals surface area (Å²) in [7, 11) is 1.64. The van der Waals surface area contributed by atoms with Crippen LogP contribution in [-0.4, -0.2) is 42.3 Å². The molecule has 124 valence electrons. The van der Waals surface area contributed by atoms with Gasteiger partial charge in [0.2, 0.25) is 5.91 Å². The zero-order valence-electron chi connectivity index (χ0n) is 13.1. The Bertz CT molecular complexity index is 738. The summed E-state index contributed by atoms with van der Waals surface area (Å²) >= 11 is 6.08. The molecule has 0 radical (unpaired) electrons. The van der Waals surface area contributed by atoms with Gasteiger partial charge in [-0.2, -0.15) is 10.2 Å². The van der Waals surface area contributed by atoms with E-state index in [-0.39, 0.29) is 23.8 Å². The van der Waals surface area contributed by atoms with E-state index in [4.69, 9.17) is 11.6 Å². The van der Waals surface area contributed by atoms with Gasteiger partial charge in [0.15, 0.2) is 0 Å². The number of aromatic nitrogens is 4. The maximum absolute atomic E-state index is 12.3. The molecule has 1 amide bonds. The molecular weight excluding hydrogens is 324 g/mol. The normalized spacial score (nSPS) is 10.8. The second-order valence-corrected chi connectivity index (χ2v) is 5.47. The van der Waals surface area contributed by atoms with Gasteiger partial charge in [0.25, 0.3) is 0 Å². The summed E-state index contributed by atoms with van der Waals surface area (Å²) in [6.07, 6.45) is 2.79. The van der Waals surface area contributed by atoms with Crippen molar-refractivity contribution in [3.05, 3.63) is 38.9 Å². The molecule has 0 aliphatic carbocycles. The van der Waals surface area contributed by atoms with Crippen LogP contribution in [0.25, 0.3) is 0 Å². The van der Waals surface area contributed by atoms with Crippen LogP contribution in [0.1, 0.15) is 18.3 Å². The molecule has 2 heterocycles. The number of likely N-dealkylation sites (N-methyl/N-ethyl adjacent to an activating group) is 1. The molecule has 0 spiro atoms. The van der Waals surface area contributed by atoms with Crippen molar-refractivity contribution in [2.24, 2.45) is 0 Å². The van der Waals surface area contributed by atoms with E-state index in [1.54, 1.807) is 17.9 Å². The summed E-state index contributed by atoms with van der Waals surface area (Å²) in [4.78, 5) is 24.0. The minimum atomic E-state index is -0.521. The van der Waals surface area contributed by atoms with E-state index in [0.29, 0.717) is 18.1 Å². The SMILES string of the molecule is CCn1ncc(Cl)c1CN(C)C(=O)Cn1cc([N+](=O)[O-])c(C)n1. The van der Waals surface area contributed by atoms with Crippen LogP contribution >= 0.6 is 11.6 Å². The van der Waals surface area contributed by atoms with Crippen molar-refractivity contribution in [3.8, 4) is 0 Å². The maximum Gasteiger partial charge on any atom is 0.309 e. The van der Waals surface area contributed by atoms with E-state index in [9.17, 15) is 14.9 Å². The van der Waals surface area contributed by atoms with Crippen molar-refractivity contribution in [3.63, 3.8) is 0 Å². The van der Waals surface area contributed by atoms with E-state index in [1.807, 2.05) is 6.92 Å². The monoisotopic (exact) mass is 340 g/mol. The number of carbonyl (C=O) groups excluding carboxylic acids is 1. The number of nitro groups is 1. The molecule has 2 aromatic rings. The van der Waals surface area contributed by atoms with Crippen molar-refractivity contribution in [1.29, 1.82) is 0 Å². The largest absolute Gasteiger partial charge is 0.338 e. The predicted octanol–water partition coefficient (Wildman–Crippen LogP) is 1.63. The first kappa shape index (κ1) is 16.9. The van der Waals surface area contributed by atoms with Crippen LogP contribution in [0.4, 0.5) is 5.69 Å². The van der Waals surface area contributed by atoms with Gasteiger partial charge in [0.1, 0.15) is 18.4 Å². The highest BCUT2D eigenvalue weighted by atomic mass is 35.5. The molecule has 0 saturated heterocycles. The molecule has 2 rings (SSSR count). The van der Waals surface area contributed by atoms with Crippen molar-refractivity contribution in [2.45, 2.75) is 33.5 Å². The number of nitrogens with zero attached hydrogens (tertiary/aromatic N) is 6. The highest BCUT2D eigenvalue weighted by molar-refractivity contribution is 6.31. The molecule has 0 saturated carbocycles. The van der Waals surface area contributed by atoms with E-state index < -0.39 is 4.92 Å². The molecule has 0 aliphatic rings. The molecule has 0 unspecified atom stereocenters. The molecule has 9 nitrogen and oxygen atoms in total. The molecule has 0 N–H and O–H groups in total. The number of halogens is 1. The van der Waals surface area contributed by atoms with Crippen LogP contribution in [0.5, 0.6) is 0 Å². The number of amides is 1. The summed E-state index contributed by atoms with van der Waals surface area (Å²) in [6, 6.07) is 0. The Labute approximate surface area is 137 Å². The van der Waals surface area contributed by atoms with E-state index >= 15 is 0 Å². The molecule has 23 heavy (non-hydrogen) atoms. The Morgan fingerprint density at radius 1 is 1.52 bits per heavy atom. The standard InChI is InChI=1S/C13H17ClN6O3/c1-4-19-12(10(14)5-15-19)6-17(3)13(21)8-18-7-11(20(22)23)9(2)16-18/h5,7H,4,6,8H2,1-3H3. The second kappa shape index (κ2) is 6.78. The topological polar surface area (TPSA) is 99.1 Å². The molecule has 0 aliphatic heterocycles. The zero-order valence-corrected chi connectivity index (χ0v) is 13.8. The Kier molecular flexibility index (Phi) is 4.99. The lowest BCUT2D eigenvalue weighted by atomic mass is 10.3. The Morgan fingerprint density at radius 3 is 2.78 bits per heavy atom. The van der Waals surface area contributed by atoms with Gasteiger partial charge in [-0.25, -0.2) is 0 Å². The fourth-order valence-electron chi connectivity index (χ4n) is 2.16. The first-order valence-corrected chi connectivity index (χ1v) is 7.33. The van der Waals surface area contributed by atoms with E-state index in [2.05, 4.69) is 10.2 Å². The van der Waals surface area contributed by atoms with Gasteiger partial charge in [0, 0.05) is 13.6 Å². The molecule has 0 aromatic carbocycles. The molecule has 0 bridgehead atoms. The van der Waals surface area contributed by atoms with Crippen molar-refractivity contribution in [2.75, 3.05) is 7.05 Å². The quantitative estimate of drug-likeness (QED) is 0.587. The van der Waals surface area contributed by atoms with Gasteiger partial charge in [-0.3, -0.25) is 24.3 Å². The minimum absolute atomic E-state index is 0.0803. The number of aryl methyl sites for hydroxylation is 2. The lowest BCUT2D eigenvalue weighted by molar-refractivity contribution is -0.385. The van der Waals surface area contributed by atoms with Crippen LogP contribution in [-0.2, 0) is 24.4 Å². The van der Waals surface area contributed by atoms with E-state index in [1.165, 1.54) is 22.7 Å². The zero-order chi connectivity index (χ0) is 17.1. The van der Waals surface area contributed by atoms with Crippen LogP contribution in [0.3, 0.4) is 0 Å². The molecule has 0 fully saturated rings. The Balaban J connectivity index is 2.07. The fraction of sp³-hybridized carbons (Fsp3) is 0.462. The van der Waals surface area contributed by atoms with Gasteiger partial charge in [-0.05, 0) is 13.8 Å². The summed E-state index contributed by atoms with van der Waals surface area (Å²) in [5.41, 5.74) is 0.915. The van der Waals surface area contributed by atoms with Crippen LogP contribution in [0.15, 0.2) is 12.4 Å². The lowest BCUT2D eigenvalue weighted by Gasteiger charge is -2.18. The number of hydrogen-bond donors (Lipinski definition) is 0. The fourth-order valence-corrected chi connectivity index (χ4v) is 2.36. The van der Waals surface area contributed by atoms with Gasteiger partial charge in [0.05, 0.1) is 28.4 Å². The predicted molar refractivity (Wildman–Crippen MR) is 83.0 cm³/mol. The van der Waals surface area contributed by atoms with Gasteiger partial charge < -0.3 is 4.90 Å². The smallest absolute Gasteiger partial charge is 0.309 e. The van der Waals surface area contributed by atoms with Crippen LogP contribution in [0, 0.1) is 17.0 Å². The number of hydrogen-bond acceptors (Lipinski definition) is 5. The van der Waals surface area contributed by atoms with Crippen molar-refractivity contribution in [1.82, 2.24) is 24.5 Å². The van der Waals surface area contributed by atoms with Gasteiger partial charge >= 0.3 is 5.69 Å². The third-order valence-corrected chi connectivity index (χ3v) is 3.74. The second-order valence-electron chi connectivity index (χ2n) is 5.06. The first-order chi connectivity index (χ1) is 10.8. The summed E-state index contributed by atoms with van der Waals surface area (Å²) in [6.45, 7) is 4.33. The summed E-state index contributed by atoms with van der Waals surface area (Å²) < 4.78 is 2.99. The van der Waals surface area contributed by atoms with Crippen molar-refractivity contribution < 1.29 is 9.72 Å². The average molecular weight is 341 g/mol. The van der Waals surface area contributed by atoms with Crippen LogP contribution < -0.4 is 0 Å². The number of rotatable bonds is 6. The molecule has 2 aromatic heterocycles. The summed E-state index contributed by atoms with van der Waals surface area (Å²) in [5.74, 6) is -0.234. The van der Waals surface area contributed by atoms with Gasteiger partial charge in [-0.1, -0.05) is 11.6 Å². The lowest BCUT2D eigenvalue weighted by Crippen LogP contribution is -2.31. The average Bonchev–Trinajstić information content (AvgIpc) is 3.02. The maximum atomic E-state index is 12.3. The number of carbonyl (C=O) groups is 1. The van der Waals surface area contributed by atoms with Gasteiger partial charge in [-0.15, -0.1) is 0 Å². The van der Waals surface area contributed by atoms with Crippen molar-refractivity contribution >= 4 is 23.2 Å². The molecule has 0 atom stereocenters. The Hall–Kier alpha value is -2.42. The third kappa shape index (κ3) is 3.67. The Morgan fingerprint density at radius 2 is 2.22 bits per heavy atom. The summed E-state index contributed by atoms with van der Waals surface area (Å²) in [5, 5.41) is 19.4. The molecule has 10 heteroatoms. The minimum Gasteiger partial charge on any atom is -0.338 e. The van der Waals surface area contributed by atoms with E-state index in [0.717, 1.165) is 5.69 Å². The first-order valence-electron chi connectivity index (χ1n) is 6.96.